The fourth-order valence-corrected chi connectivity index (χ4v) is 4.27. The van der Waals surface area contributed by atoms with Gasteiger partial charge in [-0.15, -0.1) is 0 Å². The molecule has 0 aliphatic carbocycles. The van der Waals surface area contributed by atoms with Crippen LogP contribution in [0.15, 0.2) is 45.9 Å². The van der Waals surface area contributed by atoms with E-state index in [0.717, 1.165) is 38.5 Å². The summed E-state index contributed by atoms with van der Waals surface area (Å²) in [6, 6.07) is 8.69. The van der Waals surface area contributed by atoms with Crippen molar-refractivity contribution in [2.75, 3.05) is 6.61 Å². The Morgan fingerprint density at radius 1 is 1.14 bits per heavy atom. The molecule has 1 heterocycles. The summed E-state index contributed by atoms with van der Waals surface area (Å²) < 4.78 is 31.3. The molecule has 0 spiro atoms. The fraction of sp³-hybridized carbons (Fsp3) is 0.529. The third-order valence-corrected chi connectivity index (χ3v) is 5.74. The van der Waals surface area contributed by atoms with E-state index in [9.17, 15) is 8.42 Å². The van der Waals surface area contributed by atoms with Crippen LogP contribution in [0.1, 0.15) is 51.9 Å². The van der Waals surface area contributed by atoms with Crippen LogP contribution in [-0.4, -0.2) is 15.0 Å². The topological polar surface area (TPSA) is 43.4 Å². The van der Waals surface area contributed by atoms with Gasteiger partial charge in [-0.25, -0.2) is 8.42 Å². The molecule has 0 radical (unpaired) electrons. The highest BCUT2D eigenvalue weighted by molar-refractivity contribution is 7.95. The molecule has 4 heteroatoms. The Bertz CT molecular complexity index is 565. The lowest BCUT2D eigenvalue weighted by Gasteiger charge is -2.12. The summed E-state index contributed by atoms with van der Waals surface area (Å²) in [6.07, 6.45) is 6.52. The van der Waals surface area contributed by atoms with E-state index in [-0.39, 0.29) is 0 Å². The Morgan fingerprint density at radius 3 is 2.52 bits per heavy atom. The molecule has 1 saturated heterocycles. The number of ether oxygens (including phenoxy) is 1. The highest BCUT2D eigenvalue weighted by atomic mass is 32.2. The second-order valence-electron chi connectivity index (χ2n) is 5.43. The van der Waals surface area contributed by atoms with Gasteiger partial charge in [0.2, 0.25) is 9.84 Å². The van der Waals surface area contributed by atoms with Crippen molar-refractivity contribution in [1.29, 1.82) is 0 Å². The first-order valence-electron chi connectivity index (χ1n) is 7.81. The Balaban J connectivity index is 2.25. The predicted octanol–water partition coefficient (Wildman–Crippen LogP) is 4.45. The van der Waals surface area contributed by atoms with Gasteiger partial charge in [-0.2, -0.15) is 0 Å². The molecule has 1 aromatic rings. The lowest BCUT2D eigenvalue weighted by atomic mass is 10.1. The Labute approximate surface area is 127 Å². The van der Waals surface area contributed by atoms with Crippen LogP contribution >= 0.6 is 0 Å². The van der Waals surface area contributed by atoms with Crippen molar-refractivity contribution >= 4 is 9.84 Å². The molecule has 0 saturated carbocycles. The maximum Gasteiger partial charge on any atom is 0.206 e. The predicted molar refractivity (Wildman–Crippen MR) is 84.6 cm³/mol. The molecule has 0 bridgehead atoms. The lowest BCUT2D eigenvalue weighted by Crippen LogP contribution is -2.08. The molecule has 0 atom stereocenters. The molecule has 1 aliphatic heterocycles. The minimum Gasteiger partial charge on any atom is -0.497 e. The maximum atomic E-state index is 12.8. The number of unbranched alkanes of at least 4 members (excludes halogenated alkanes) is 3. The second kappa shape index (κ2) is 7.64. The van der Waals surface area contributed by atoms with Crippen LogP contribution in [0.4, 0.5) is 0 Å². The molecule has 1 fully saturated rings. The first-order valence-corrected chi connectivity index (χ1v) is 9.29. The van der Waals surface area contributed by atoms with Crippen molar-refractivity contribution in [2.24, 2.45) is 0 Å². The normalized spacial score (nSPS) is 17.6. The molecule has 0 N–H and O–H groups in total. The minimum absolute atomic E-state index is 0.374. The van der Waals surface area contributed by atoms with E-state index in [1.54, 1.807) is 24.3 Å². The van der Waals surface area contributed by atoms with Gasteiger partial charge in [0.1, 0.15) is 5.76 Å². The van der Waals surface area contributed by atoms with E-state index in [1.165, 1.54) is 0 Å². The average Bonchev–Trinajstić information content (AvgIpc) is 3.02. The van der Waals surface area contributed by atoms with Crippen LogP contribution in [0.25, 0.3) is 0 Å². The third kappa shape index (κ3) is 4.10. The summed E-state index contributed by atoms with van der Waals surface area (Å²) in [6.45, 7) is 2.79. The Kier molecular flexibility index (Phi) is 5.85. The molecular formula is C17H24O3S. The van der Waals surface area contributed by atoms with Gasteiger partial charge < -0.3 is 4.74 Å². The minimum atomic E-state index is -3.42. The summed E-state index contributed by atoms with van der Waals surface area (Å²) in [7, 11) is -3.42. The van der Waals surface area contributed by atoms with E-state index in [2.05, 4.69) is 6.92 Å². The molecule has 0 aromatic heterocycles. The average molecular weight is 308 g/mol. The van der Waals surface area contributed by atoms with Crippen LogP contribution in [0.5, 0.6) is 0 Å². The van der Waals surface area contributed by atoms with Crippen molar-refractivity contribution in [2.45, 2.75) is 56.8 Å². The van der Waals surface area contributed by atoms with E-state index >= 15 is 0 Å². The van der Waals surface area contributed by atoms with Crippen LogP contribution in [0, 0.1) is 0 Å². The van der Waals surface area contributed by atoms with Gasteiger partial charge in [-0.05, 0) is 31.4 Å². The fourth-order valence-electron chi connectivity index (χ4n) is 2.60. The molecule has 21 heavy (non-hydrogen) atoms. The summed E-state index contributed by atoms with van der Waals surface area (Å²) in [4.78, 5) is 0.876. The molecule has 1 aliphatic rings. The van der Waals surface area contributed by atoms with Gasteiger partial charge in [-0.1, -0.05) is 44.4 Å². The SMILES string of the molecule is CCCCCC/C(=C1/CCCO1)S(=O)(=O)c1ccccc1. The van der Waals surface area contributed by atoms with Gasteiger partial charge in [0.15, 0.2) is 0 Å². The zero-order chi connectivity index (χ0) is 15.1. The first-order chi connectivity index (χ1) is 10.2. The summed E-state index contributed by atoms with van der Waals surface area (Å²) >= 11 is 0. The van der Waals surface area contributed by atoms with Crippen LogP contribution < -0.4 is 0 Å². The molecule has 3 nitrogen and oxygen atoms in total. The zero-order valence-corrected chi connectivity index (χ0v) is 13.5. The van der Waals surface area contributed by atoms with Gasteiger partial charge in [0, 0.05) is 6.42 Å². The molecule has 0 unspecified atom stereocenters. The van der Waals surface area contributed by atoms with Crippen molar-refractivity contribution in [1.82, 2.24) is 0 Å². The monoisotopic (exact) mass is 308 g/mol. The third-order valence-electron chi connectivity index (χ3n) is 3.77. The highest BCUT2D eigenvalue weighted by Crippen LogP contribution is 2.31. The van der Waals surface area contributed by atoms with Gasteiger partial charge in [-0.3, -0.25) is 0 Å². The standard InChI is InChI=1S/C17H24O3S/c1-2-3-4-8-13-17(16-12-9-14-20-16)21(18,19)15-10-6-5-7-11-15/h5-7,10-11H,2-4,8-9,12-14H2,1H3/b17-16+. The number of benzene rings is 1. The zero-order valence-electron chi connectivity index (χ0n) is 12.7. The lowest BCUT2D eigenvalue weighted by molar-refractivity contribution is 0.260. The maximum absolute atomic E-state index is 12.8. The number of rotatable bonds is 7. The summed E-state index contributed by atoms with van der Waals surface area (Å²) in [5.41, 5.74) is 0. The number of hydrogen-bond acceptors (Lipinski definition) is 3. The van der Waals surface area contributed by atoms with Crippen molar-refractivity contribution < 1.29 is 13.2 Å². The summed E-state index contributed by atoms with van der Waals surface area (Å²) in [5, 5.41) is 0. The Hall–Kier alpha value is -1.29. The largest absolute Gasteiger partial charge is 0.497 e. The number of sulfone groups is 1. The van der Waals surface area contributed by atoms with Gasteiger partial charge in [0.05, 0.1) is 16.4 Å². The number of hydrogen-bond donors (Lipinski definition) is 0. The quantitative estimate of drug-likeness (QED) is 0.699. The van der Waals surface area contributed by atoms with Gasteiger partial charge >= 0.3 is 0 Å². The van der Waals surface area contributed by atoms with E-state index in [1.807, 2.05) is 6.07 Å². The second-order valence-corrected chi connectivity index (χ2v) is 7.40. The molecule has 0 amide bonds. The van der Waals surface area contributed by atoms with Crippen LogP contribution in [-0.2, 0) is 14.6 Å². The van der Waals surface area contributed by atoms with E-state index in [4.69, 9.17) is 4.74 Å². The number of allylic oxidation sites excluding steroid dienone is 2. The van der Waals surface area contributed by atoms with Crippen molar-refractivity contribution in [3.8, 4) is 0 Å². The van der Waals surface area contributed by atoms with Crippen molar-refractivity contribution in [3.05, 3.63) is 41.0 Å². The summed E-state index contributed by atoms with van der Waals surface area (Å²) in [5.74, 6) is 0.690. The smallest absolute Gasteiger partial charge is 0.206 e. The van der Waals surface area contributed by atoms with E-state index < -0.39 is 9.84 Å². The van der Waals surface area contributed by atoms with E-state index in [0.29, 0.717) is 28.6 Å². The van der Waals surface area contributed by atoms with Crippen LogP contribution in [0.2, 0.25) is 0 Å². The Morgan fingerprint density at radius 2 is 1.90 bits per heavy atom. The molecular weight excluding hydrogens is 284 g/mol. The molecule has 116 valence electrons. The van der Waals surface area contributed by atoms with Crippen LogP contribution in [0.3, 0.4) is 0 Å². The highest BCUT2D eigenvalue weighted by Gasteiger charge is 2.26. The van der Waals surface area contributed by atoms with Crippen molar-refractivity contribution in [3.63, 3.8) is 0 Å². The molecule has 2 rings (SSSR count). The van der Waals surface area contributed by atoms with Gasteiger partial charge in [0.25, 0.3) is 0 Å². The first kappa shape index (κ1) is 16.1. The molecule has 1 aromatic carbocycles.